The molecule has 1 aliphatic rings. The average Bonchev–Trinajstić information content (AvgIpc) is 3.29. The second-order valence-corrected chi connectivity index (χ2v) is 5.16. The van der Waals surface area contributed by atoms with Crippen molar-refractivity contribution in [2.45, 2.75) is 18.8 Å². The van der Waals surface area contributed by atoms with E-state index < -0.39 is 0 Å². The van der Waals surface area contributed by atoms with Gasteiger partial charge < -0.3 is 5.32 Å². The number of carbonyl (C=O) groups is 1. The fraction of sp³-hybridized carbons (Fsp3) is 0.200. The summed E-state index contributed by atoms with van der Waals surface area (Å²) in [6, 6.07) is 7.51. The Balaban J connectivity index is 1.74. The molecule has 4 rings (SSSR count). The minimum absolute atomic E-state index is 0.190. The number of pyridine rings is 1. The summed E-state index contributed by atoms with van der Waals surface area (Å²) >= 11 is 0. The molecule has 0 atom stereocenters. The number of anilines is 1. The van der Waals surface area contributed by atoms with Crippen LogP contribution in [0.3, 0.4) is 0 Å². The Bertz CT molecular complexity index is 807. The van der Waals surface area contributed by atoms with Crippen LogP contribution in [0.2, 0.25) is 0 Å². The number of aromatic nitrogens is 4. The summed E-state index contributed by atoms with van der Waals surface area (Å²) in [7, 11) is 0. The van der Waals surface area contributed by atoms with Crippen LogP contribution in [0.15, 0.2) is 43.0 Å². The van der Waals surface area contributed by atoms with Gasteiger partial charge in [-0.1, -0.05) is 6.07 Å². The Hall–Kier alpha value is -2.76. The molecule has 0 bridgehead atoms. The van der Waals surface area contributed by atoms with Gasteiger partial charge in [0.25, 0.3) is 5.82 Å². The molecule has 0 spiro atoms. The third-order valence-electron chi connectivity index (χ3n) is 3.64. The molecule has 0 aromatic carbocycles. The van der Waals surface area contributed by atoms with E-state index in [1.165, 1.54) is 19.2 Å². The second-order valence-electron chi connectivity index (χ2n) is 5.16. The summed E-state index contributed by atoms with van der Waals surface area (Å²) < 4.78 is 2.06. The van der Waals surface area contributed by atoms with Gasteiger partial charge in [-0.25, -0.2) is 15.0 Å². The molecule has 0 unspecified atom stereocenters. The number of hydrogen-bond acceptors (Lipinski definition) is 3. The molecule has 3 aromatic rings. The number of rotatable bonds is 3. The maximum Gasteiger partial charge on any atom is 0.301 e. The number of nitrogens with one attached hydrogen (secondary N) is 2. The minimum atomic E-state index is -0.190. The molecule has 1 amide bonds. The first-order valence-corrected chi connectivity index (χ1v) is 6.92. The maximum atomic E-state index is 12.5. The summed E-state index contributed by atoms with van der Waals surface area (Å²) in [5.74, 6) is 1.93. The summed E-state index contributed by atoms with van der Waals surface area (Å²) in [6.45, 7) is 0. The normalized spacial score (nSPS) is 14.3. The SMILES string of the molecule is O=C(Nc1ccncn1)c1[nH]c(C2CC2)[n+]2ccccc12. The van der Waals surface area contributed by atoms with Gasteiger partial charge in [0.2, 0.25) is 5.69 Å². The number of hydrogen-bond donors (Lipinski definition) is 2. The second kappa shape index (κ2) is 4.66. The topological polar surface area (TPSA) is 74.8 Å². The van der Waals surface area contributed by atoms with Gasteiger partial charge >= 0.3 is 5.91 Å². The summed E-state index contributed by atoms with van der Waals surface area (Å²) in [5, 5.41) is 2.79. The van der Waals surface area contributed by atoms with Crippen LogP contribution in [-0.2, 0) is 0 Å². The van der Waals surface area contributed by atoms with E-state index in [0.29, 0.717) is 17.4 Å². The molecule has 3 heterocycles. The molecule has 3 aromatic heterocycles. The van der Waals surface area contributed by atoms with Crippen molar-refractivity contribution in [3.63, 3.8) is 0 Å². The van der Waals surface area contributed by atoms with Crippen LogP contribution in [-0.4, -0.2) is 20.9 Å². The summed E-state index contributed by atoms with van der Waals surface area (Å²) in [6.07, 6.45) is 7.34. The van der Waals surface area contributed by atoms with Crippen LogP contribution in [0.4, 0.5) is 5.82 Å². The van der Waals surface area contributed by atoms with Crippen LogP contribution in [0, 0.1) is 0 Å². The van der Waals surface area contributed by atoms with Crippen LogP contribution in [0.5, 0.6) is 0 Å². The van der Waals surface area contributed by atoms with E-state index in [1.807, 2.05) is 24.4 Å². The smallest absolute Gasteiger partial charge is 0.301 e. The van der Waals surface area contributed by atoms with Crippen molar-refractivity contribution < 1.29 is 9.20 Å². The highest BCUT2D eigenvalue weighted by Gasteiger charge is 2.35. The first-order chi connectivity index (χ1) is 10.3. The number of H-pyrrole nitrogens is 1. The Morgan fingerprint density at radius 2 is 2.24 bits per heavy atom. The van der Waals surface area contributed by atoms with Crippen LogP contribution in [0.25, 0.3) is 5.52 Å². The highest BCUT2D eigenvalue weighted by molar-refractivity contribution is 6.06. The van der Waals surface area contributed by atoms with Gasteiger partial charge in [0, 0.05) is 6.20 Å². The minimum Gasteiger partial charge on any atom is -0.303 e. The van der Waals surface area contributed by atoms with E-state index >= 15 is 0 Å². The van der Waals surface area contributed by atoms with E-state index in [2.05, 4.69) is 24.7 Å². The third-order valence-corrected chi connectivity index (χ3v) is 3.64. The highest BCUT2D eigenvalue weighted by atomic mass is 16.2. The van der Waals surface area contributed by atoms with Crippen molar-refractivity contribution in [1.29, 1.82) is 0 Å². The lowest BCUT2D eigenvalue weighted by Crippen LogP contribution is -2.23. The molecule has 2 N–H and O–H groups in total. The maximum absolute atomic E-state index is 12.5. The number of carbonyl (C=O) groups excluding carboxylic acids is 1. The number of fused-ring (bicyclic) bond motifs is 1. The monoisotopic (exact) mass is 280 g/mol. The van der Waals surface area contributed by atoms with E-state index in [1.54, 1.807) is 12.3 Å². The standard InChI is InChI=1S/C15H13N5O/c21-15(18-12-6-7-16-9-17-12)13-11-3-1-2-8-20(11)14(19-13)10-4-5-10/h1-3,6-10H,4-5H2,(H,16,17,18,21)/p+1. The summed E-state index contributed by atoms with van der Waals surface area (Å²) in [4.78, 5) is 23.6. The molecule has 104 valence electrons. The number of imidazole rings is 1. The van der Waals surface area contributed by atoms with Crippen molar-refractivity contribution >= 4 is 17.2 Å². The van der Waals surface area contributed by atoms with Crippen LogP contribution in [0.1, 0.15) is 35.1 Å². The van der Waals surface area contributed by atoms with E-state index in [0.717, 1.165) is 11.3 Å². The van der Waals surface area contributed by atoms with E-state index in [9.17, 15) is 4.79 Å². The number of aromatic amines is 1. The molecule has 1 aliphatic carbocycles. The first-order valence-electron chi connectivity index (χ1n) is 6.92. The molecular formula is C15H14N5O+. The van der Waals surface area contributed by atoms with Gasteiger partial charge in [-0.05, 0) is 31.0 Å². The Labute approximate surface area is 120 Å². The summed E-state index contributed by atoms with van der Waals surface area (Å²) in [5.41, 5.74) is 1.45. The van der Waals surface area contributed by atoms with Gasteiger partial charge in [0.05, 0.1) is 12.1 Å². The predicted molar refractivity (Wildman–Crippen MR) is 75.9 cm³/mol. The molecule has 0 saturated heterocycles. The Morgan fingerprint density at radius 1 is 1.33 bits per heavy atom. The zero-order chi connectivity index (χ0) is 14.2. The molecule has 0 radical (unpaired) electrons. The lowest BCUT2D eigenvalue weighted by atomic mass is 10.3. The molecule has 0 aliphatic heterocycles. The van der Waals surface area contributed by atoms with Crippen molar-refractivity contribution in [2.75, 3.05) is 5.32 Å². The predicted octanol–water partition coefficient (Wildman–Crippen LogP) is 1.67. The van der Waals surface area contributed by atoms with Crippen molar-refractivity contribution in [1.82, 2.24) is 15.0 Å². The quantitative estimate of drug-likeness (QED) is 0.717. The lowest BCUT2D eigenvalue weighted by molar-refractivity contribution is -0.521. The fourth-order valence-corrected chi connectivity index (χ4v) is 2.48. The Morgan fingerprint density at radius 3 is 3.00 bits per heavy atom. The van der Waals surface area contributed by atoms with Crippen LogP contribution >= 0.6 is 0 Å². The number of nitrogens with zero attached hydrogens (tertiary/aromatic N) is 3. The zero-order valence-electron chi connectivity index (χ0n) is 11.3. The van der Waals surface area contributed by atoms with Gasteiger partial charge in [-0.2, -0.15) is 4.40 Å². The molecule has 1 fully saturated rings. The van der Waals surface area contributed by atoms with Gasteiger partial charge in [0.15, 0.2) is 5.52 Å². The van der Waals surface area contributed by atoms with Crippen molar-refractivity contribution in [2.24, 2.45) is 0 Å². The van der Waals surface area contributed by atoms with Crippen LogP contribution < -0.4 is 9.72 Å². The zero-order valence-corrected chi connectivity index (χ0v) is 11.3. The molecule has 6 nitrogen and oxygen atoms in total. The largest absolute Gasteiger partial charge is 0.303 e. The third kappa shape index (κ3) is 2.14. The highest BCUT2D eigenvalue weighted by Crippen LogP contribution is 2.38. The van der Waals surface area contributed by atoms with Crippen molar-refractivity contribution in [3.05, 3.63) is 54.5 Å². The average molecular weight is 280 g/mol. The molecule has 21 heavy (non-hydrogen) atoms. The van der Waals surface area contributed by atoms with Gasteiger partial charge in [-0.3, -0.25) is 4.79 Å². The number of amides is 1. The van der Waals surface area contributed by atoms with E-state index in [-0.39, 0.29) is 5.91 Å². The molecule has 6 heteroatoms. The van der Waals surface area contributed by atoms with E-state index in [4.69, 9.17) is 0 Å². The molecule has 1 saturated carbocycles. The lowest BCUT2D eigenvalue weighted by Gasteiger charge is -1.99. The van der Waals surface area contributed by atoms with Crippen molar-refractivity contribution in [3.8, 4) is 0 Å². The first kappa shape index (κ1) is 12.0. The van der Waals surface area contributed by atoms with Gasteiger partial charge in [0.1, 0.15) is 12.1 Å². The molecular weight excluding hydrogens is 266 g/mol. The fourth-order valence-electron chi connectivity index (χ4n) is 2.48. The Kier molecular flexibility index (Phi) is 2.67. The van der Waals surface area contributed by atoms with Gasteiger partial charge in [-0.15, -0.1) is 0 Å².